The first kappa shape index (κ1) is 16.5. The molecule has 0 bridgehead atoms. The number of hydrogen-bond acceptors (Lipinski definition) is 3. The summed E-state index contributed by atoms with van der Waals surface area (Å²) >= 11 is 0. The number of amides is 2. The largest absolute Gasteiger partial charge is 0.505 e. The zero-order valence-corrected chi connectivity index (χ0v) is 13.4. The fourth-order valence-corrected chi connectivity index (χ4v) is 2.32. The van der Waals surface area contributed by atoms with Gasteiger partial charge in [-0.15, -0.1) is 0 Å². The molecular formula is C18H20N2O3. The minimum absolute atomic E-state index is 0.0265. The molecule has 2 aromatic rings. The molecule has 0 aromatic heterocycles. The van der Waals surface area contributed by atoms with Crippen LogP contribution in [0.4, 0.5) is 5.69 Å². The Bertz CT molecular complexity index is 747. The number of benzene rings is 2. The van der Waals surface area contributed by atoms with Crippen LogP contribution in [0.3, 0.4) is 0 Å². The first-order valence-electron chi connectivity index (χ1n) is 7.24. The highest BCUT2D eigenvalue weighted by Crippen LogP contribution is 2.38. The lowest BCUT2D eigenvalue weighted by Gasteiger charge is -2.24. The van der Waals surface area contributed by atoms with Crippen molar-refractivity contribution in [2.75, 3.05) is 5.32 Å². The molecule has 0 atom stereocenters. The highest BCUT2D eigenvalue weighted by Gasteiger charge is 2.25. The minimum atomic E-state index is -0.752. The van der Waals surface area contributed by atoms with Crippen LogP contribution >= 0.6 is 0 Å². The van der Waals surface area contributed by atoms with E-state index in [1.165, 1.54) is 6.07 Å². The Labute approximate surface area is 135 Å². The number of carbonyl (C=O) groups is 2. The monoisotopic (exact) mass is 312 g/mol. The lowest BCUT2D eigenvalue weighted by atomic mass is 9.84. The Kier molecular flexibility index (Phi) is 4.40. The molecule has 0 radical (unpaired) electrons. The van der Waals surface area contributed by atoms with Crippen molar-refractivity contribution in [3.63, 3.8) is 0 Å². The number of nitrogens with one attached hydrogen (secondary N) is 1. The van der Waals surface area contributed by atoms with Gasteiger partial charge in [-0.05, 0) is 29.2 Å². The third-order valence-electron chi connectivity index (χ3n) is 3.53. The van der Waals surface area contributed by atoms with Gasteiger partial charge in [-0.3, -0.25) is 9.59 Å². The van der Waals surface area contributed by atoms with E-state index in [1.807, 2.05) is 26.8 Å². The number of carbonyl (C=O) groups excluding carboxylic acids is 2. The van der Waals surface area contributed by atoms with E-state index in [0.717, 1.165) is 0 Å². The van der Waals surface area contributed by atoms with Gasteiger partial charge < -0.3 is 16.2 Å². The average molecular weight is 312 g/mol. The summed E-state index contributed by atoms with van der Waals surface area (Å²) in [7, 11) is 0. The molecule has 2 aromatic carbocycles. The number of nitrogens with two attached hydrogens (primary N) is 1. The highest BCUT2D eigenvalue weighted by molar-refractivity contribution is 6.07. The third-order valence-corrected chi connectivity index (χ3v) is 3.53. The predicted molar refractivity (Wildman–Crippen MR) is 89.7 cm³/mol. The first-order valence-corrected chi connectivity index (χ1v) is 7.24. The molecule has 120 valence electrons. The Hall–Kier alpha value is -2.82. The maximum atomic E-state index is 12.4. The van der Waals surface area contributed by atoms with Crippen LogP contribution in [0.5, 0.6) is 5.75 Å². The van der Waals surface area contributed by atoms with Crippen molar-refractivity contribution in [3.05, 3.63) is 59.2 Å². The van der Waals surface area contributed by atoms with Crippen LogP contribution in [0, 0.1) is 0 Å². The second-order valence-corrected chi connectivity index (χ2v) is 6.32. The second-order valence-electron chi connectivity index (χ2n) is 6.32. The van der Waals surface area contributed by atoms with Gasteiger partial charge >= 0.3 is 0 Å². The standard InChI is InChI=1S/C18H20N2O3/c1-18(2,3)13-10-9-12(16(19)22)15(21)14(13)20-17(23)11-7-5-4-6-8-11/h4-10,21H,1-3H3,(H2,19,22)(H,20,23). The number of phenols is 1. The Morgan fingerprint density at radius 1 is 1.04 bits per heavy atom. The van der Waals surface area contributed by atoms with Crippen LogP contribution in [-0.2, 0) is 5.41 Å². The van der Waals surface area contributed by atoms with E-state index in [1.54, 1.807) is 30.3 Å². The Morgan fingerprint density at radius 2 is 1.65 bits per heavy atom. The van der Waals surface area contributed by atoms with Crippen LogP contribution in [0.2, 0.25) is 0 Å². The molecule has 5 heteroatoms. The first-order chi connectivity index (χ1) is 10.7. The lowest BCUT2D eigenvalue weighted by Crippen LogP contribution is -2.21. The SMILES string of the molecule is CC(C)(C)c1ccc(C(N)=O)c(O)c1NC(=O)c1ccccc1. The summed E-state index contributed by atoms with van der Waals surface area (Å²) in [5.74, 6) is -1.43. The zero-order chi connectivity index (χ0) is 17.2. The zero-order valence-electron chi connectivity index (χ0n) is 13.4. The van der Waals surface area contributed by atoms with E-state index in [-0.39, 0.29) is 28.3 Å². The molecule has 5 nitrogen and oxygen atoms in total. The van der Waals surface area contributed by atoms with Crippen molar-refractivity contribution in [1.82, 2.24) is 0 Å². The van der Waals surface area contributed by atoms with Crippen LogP contribution in [0.25, 0.3) is 0 Å². The third kappa shape index (κ3) is 3.51. The summed E-state index contributed by atoms with van der Waals surface area (Å²) in [5, 5.41) is 13.1. The molecule has 0 saturated heterocycles. The molecule has 0 aliphatic carbocycles. The number of aromatic hydroxyl groups is 1. The van der Waals surface area contributed by atoms with Crippen molar-refractivity contribution in [3.8, 4) is 5.75 Å². The van der Waals surface area contributed by atoms with Crippen molar-refractivity contribution in [2.45, 2.75) is 26.2 Å². The average Bonchev–Trinajstić information content (AvgIpc) is 2.48. The van der Waals surface area contributed by atoms with E-state index in [9.17, 15) is 14.7 Å². The molecule has 4 N–H and O–H groups in total. The van der Waals surface area contributed by atoms with Crippen molar-refractivity contribution in [2.24, 2.45) is 5.73 Å². The van der Waals surface area contributed by atoms with Gasteiger partial charge in [0.25, 0.3) is 11.8 Å². The van der Waals surface area contributed by atoms with E-state index >= 15 is 0 Å². The molecule has 0 aliphatic heterocycles. The van der Waals surface area contributed by atoms with E-state index in [2.05, 4.69) is 5.32 Å². The summed E-state index contributed by atoms with van der Waals surface area (Å²) in [6.45, 7) is 5.84. The van der Waals surface area contributed by atoms with Gasteiger partial charge in [-0.1, -0.05) is 45.0 Å². The number of rotatable bonds is 3. The van der Waals surface area contributed by atoms with Gasteiger partial charge in [-0.25, -0.2) is 0 Å². The second kappa shape index (κ2) is 6.12. The summed E-state index contributed by atoms with van der Waals surface area (Å²) in [4.78, 5) is 23.8. The minimum Gasteiger partial charge on any atom is -0.505 e. The van der Waals surface area contributed by atoms with Gasteiger partial charge in [0.15, 0.2) is 5.75 Å². The quantitative estimate of drug-likeness (QED) is 0.761. The number of primary amides is 1. The molecule has 0 fully saturated rings. The van der Waals surface area contributed by atoms with Gasteiger partial charge in [0.2, 0.25) is 0 Å². The van der Waals surface area contributed by atoms with Gasteiger partial charge in [0.1, 0.15) is 0 Å². The van der Waals surface area contributed by atoms with Crippen molar-refractivity contribution in [1.29, 1.82) is 0 Å². The predicted octanol–water partition coefficient (Wildman–Crippen LogP) is 3.04. The Morgan fingerprint density at radius 3 is 2.17 bits per heavy atom. The van der Waals surface area contributed by atoms with Gasteiger partial charge in [0, 0.05) is 5.56 Å². The topological polar surface area (TPSA) is 92.4 Å². The molecule has 0 unspecified atom stereocenters. The molecule has 2 rings (SSSR count). The molecular weight excluding hydrogens is 292 g/mol. The van der Waals surface area contributed by atoms with Gasteiger partial charge in [-0.2, -0.15) is 0 Å². The molecule has 0 spiro atoms. The molecule has 0 aliphatic rings. The fraction of sp³-hybridized carbons (Fsp3) is 0.222. The van der Waals surface area contributed by atoms with Crippen molar-refractivity contribution < 1.29 is 14.7 Å². The molecule has 0 saturated carbocycles. The van der Waals surface area contributed by atoms with Crippen LogP contribution in [0.1, 0.15) is 47.1 Å². The normalized spacial score (nSPS) is 11.1. The molecule has 0 heterocycles. The molecule has 23 heavy (non-hydrogen) atoms. The lowest BCUT2D eigenvalue weighted by molar-refractivity contribution is 0.0993. The number of anilines is 1. The Balaban J connectivity index is 2.52. The summed E-state index contributed by atoms with van der Waals surface area (Å²) in [5.41, 5.74) is 6.28. The van der Waals surface area contributed by atoms with Crippen molar-refractivity contribution >= 4 is 17.5 Å². The summed E-state index contributed by atoms with van der Waals surface area (Å²) in [6.07, 6.45) is 0. The highest BCUT2D eigenvalue weighted by atomic mass is 16.3. The van der Waals surface area contributed by atoms with E-state index < -0.39 is 5.91 Å². The summed E-state index contributed by atoms with van der Waals surface area (Å²) in [6, 6.07) is 11.8. The van der Waals surface area contributed by atoms with Crippen LogP contribution in [-0.4, -0.2) is 16.9 Å². The smallest absolute Gasteiger partial charge is 0.255 e. The maximum Gasteiger partial charge on any atom is 0.255 e. The van der Waals surface area contributed by atoms with E-state index in [4.69, 9.17) is 5.73 Å². The maximum absolute atomic E-state index is 12.4. The molecule has 2 amide bonds. The van der Waals surface area contributed by atoms with Gasteiger partial charge in [0.05, 0.1) is 11.3 Å². The van der Waals surface area contributed by atoms with Crippen LogP contribution in [0.15, 0.2) is 42.5 Å². The summed E-state index contributed by atoms with van der Waals surface area (Å²) < 4.78 is 0. The fourth-order valence-electron chi connectivity index (χ4n) is 2.32. The van der Waals surface area contributed by atoms with E-state index in [0.29, 0.717) is 11.1 Å². The number of hydrogen-bond donors (Lipinski definition) is 3. The van der Waals surface area contributed by atoms with Crippen LogP contribution < -0.4 is 11.1 Å².